The van der Waals surface area contributed by atoms with E-state index in [1.54, 1.807) is 25.3 Å². The Labute approximate surface area is 123 Å². The van der Waals surface area contributed by atoms with Gasteiger partial charge in [-0.15, -0.1) is 0 Å². The Hall–Kier alpha value is -2.63. The maximum absolute atomic E-state index is 10.6. The minimum atomic E-state index is -0.840. The molecule has 0 spiro atoms. The van der Waals surface area contributed by atoms with Crippen molar-refractivity contribution in [3.05, 3.63) is 36.5 Å². The Kier molecular flexibility index (Phi) is 4.71. The number of carboxylic acids is 1. The zero-order chi connectivity index (χ0) is 15.2. The van der Waals surface area contributed by atoms with Crippen molar-refractivity contribution in [2.45, 2.75) is 6.42 Å². The third-order valence-electron chi connectivity index (χ3n) is 3.03. The lowest BCUT2D eigenvalue weighted by Gasteiger charge is -2.16. The zero-order valence-corrected chi connectivity index (χ0v) is 12.0. The first-order valence-corrected chi connectivity index (χ1v) is 6.50. The van der Waals surface area contributed by atoms with Crippen LogP contribution in [0.2, 0.25) is 0 Å². The fraction of sp³-hybridized carbons (Fsp3) is 0.267. The van der Waals surface area contributed by atoms with Gasteiger partial charge in [-0.05, 0) is 30.3 Å². The molecule has 110 valence electrons. The van der Waals surface area contributed by atoms with E-state index in [9.17, 15) is 4.79 Å². The summed E-state index contributed by atoms with van der Waals surface area (Å²) in [6.45, 7) is 0.362. The van der Waals surface area contributed by atoms with Crippen LogP contribution in [0.4, 0.5) is 5.95 Å². The van der Waals surface area contributed by atoms with Gasteiger partial charge < -0.3 is 14.7 Å². The van der Waals surface area contributed by atoms with Gasteiger partial charge in [-0.1, -0.05) is 0 Å². The normalized spacial score (nSPS) is 10.2. The van der Waals surface area contributed by atoms with Crippen molar-refractivity contribution >= 4 is 11.9 Å². The minimum Gasteiger partial charge on any atom is -0.497 e. The fourth-order valence-corrected chi connectivity index (χ4v) is 1.82. The number of hydrogen-bond donors (Lipinski definition) is 1. The van der Waals surface area contributed by atoms with Gasteiger partial charge in [0, 0.05) is 25.4 Å². The number of methoxy groups -OCH3 is 1. The van der Waals surface area contributed by atoms with Crippen molar-refractivity contribution in [2.24, 2.45) is 0 Å². The highest BCUT2D eigenvalue weighted by Gasteiger charge is 2.08. The molecule has 0 bridgehead atoms. The molecule has 6 heteroatoms. The monoisotopic (exact) mass is 287 g/mol. The Bertz CT molecular complexity index is 614. The first-order chi connectivity index (χ1) is 10.1. The van der Waals surface area contributed by atoms with E-state index in [2.05, 4.69) is 9.97 Å². The SMILES string of the molecule is COc1ccc(-c2ccnc(N(C)CCC(=O)O)n2)cc1. The van der Waals surface area contributed by atoms with Gasteiger partial charge in [0.05, 0.1) is 19.2 Å². The molecule has 21 heavy (non-hydrogen) atoms. The maximum atomic E-state index is 10.6. The van der Waals surface area contributed by atoms with Crippen LogP contribution < -0.4 is 9.64 Å². The van der Waals surface area contributed by atoms with E-state index >= 15 is 0 Å². The standard InChI is InChI=1S/C15H17N3O3/c1-18(10-8-14(19)20)15-16-9-7-13(17-15)11-3-5-12(21-2)6-4-11/h3-7,9H,8,10H2,1-2H3,(H,19,20). The van der Waals surface area contributed by atoms with E-state index in [1.165, 1.54) is 0 Å². The van der Waals surface area contributed by atoms with E-state index in [1.807, 2.05) is 30.3 Å². The van der Waals surface area contributed by atoms with E-state index in [0.29, 0.717) is 12.5 Å². The highest BCUT2D eigenvalue weighted by atomic mass is 16.5. The largest absolute Gasteiger partial charge is 0.497 e. The molecule has 6 nitrogen and oxygen atoms in total. The zero-order valence-electron chi connectivity index (χ0n) is 12.0. The molecular weight excluding hydrogens is 270 g/mol. The number of benzene rings is 1. The van der Waals surface area contributed by atoms with Crippen LogP contribution in [0.15, 0.2) is 36.5 Å². The summed E-state index contributed by atoms with van der Waals surface area (Å²) in [7, 11) is 3.39. The summed E-state index contributed by atoms with van der Waals surface area (Å²) in [5, 5.41) is 8.71. The molecule has 0 atom stereocenters. The molecule has 2 aromatic rings. The van der Waals surface area contributed by atoms with Gasteiger partial charge in [0.25, 0.3) is 0 Å². The van der Waals surface area contributed by atoms with Gasteiger partial charge in [-0.25, -0.2) is 9.97 Å². The molecule has 2 rings (SSSR count). The number of anilines is 1. The number of carboxylic acid groups (broad SMARTS) is 1. The predicted molar refractivity (Wildman–Crippen MR) is 79.5 cm³/mol. The molecule has 1 aromatic heterocycles. The van der Waals surface area contributed by atoms with Crippen LogP contribution in [0, 0.1) is 0 Å². The smallest absolute Gasteiger partial charge is 0.305 e. The van der Waals surface area contributed by atoms with Crippen LogP contribution in [-0.2, 0) is 4.79 Å². The minimum absolute atomic E-state index is 0.0482. The number of hydrogen-bond acceptors (Lipinski definition) is 5. The Morgan fingerprint density at radius 3 is 2.62 bits per heavy atom. The second-order valence-electron chi connectivity index (χ2n) is 4.54. The quantitative estimate of drug-likeness (QED) is 0.876. The van der Waals surface area contributed by atoms with Gasteiger partial charge in [-0.2, -0.15) is 0 Å². The number of ether oxygens (including phenoxy) is 1. The Morgan fingerprint density at radius 1 is 1.29 bits per heavy atom. The molecular formula is C15H17N3O3. The van der Waals surface area contributed by atoms with Gasteiger partial charge >= 0.3 is 5.97 Å². The molecule has 0 saturated carbocycles. The lowest BCUT2D eigenvalue weighted by atomic mass is 10.1. The van der Waals surface area contributed by atoms with Crippen LogP contribution in [0.3, 0.4) is 0 Å². The molecule has 0 aliphatic carbocycles. The summed E-state index contributed by atoms with van der Waals surface area (Å²) in [5.74, 6) is 0.448. The van der Waals surface area contributed by atoms with E-state index < -0.39 is 5.97 Å². The Morgan fingerprint density at radius 2 is 2.00 bits per heavy atom. The van der Waals surface area contributed by atoms with E-state index in [-0.39, 0.29) is 6.42 Å². The molecule has 0 unspecified atom stereocenters. The molecule has 1 N–H and O–H groups in total. The van der Waals surface area contributed by atoms with Crippen LogP contribution in [0.5, 0.6) is 5.75 Å². The van der Waals surface area contributed by atoms with Crippen LogP contribution in [0.1, 0.15) is 6.42 Å². The van der Waals surface area contributed by atoms with Gasteiger partial charge in [0.2, 0.25) is 5.95 Å². The van der Waals surface area contributed by atoms with Crippen LogP contribution >= 0.6 is 0 Å². The molecule has 0 radical (unpaired) electrons. The highest BCUT2D eigenvalue weighted by molar-refractivity contribution is 5.67. The predicted octanol–water partition coefficient (Wildman–Crippen LogP) is 2.06. The number of carbonyl (C=O) groups is 1. The molecule has 1 aromatic carbocycles. The average molecular weight is 287 g/mol. The lowest BCUT2D eigenvalue weighted by molar-refractivity contribution is -0.136. The number of aliphatic carboxylic acids is 1. The fourth-order valence-electron chi connectivity index (χ4n) is 1.82. The van der Waals surface area contributed by atoms with Crippen molar-refractivity contribution in [1.82, 2.24) is 9.97 Å². The number of aromatic nitrogens is 2. The summed E-state index contributed by atoms with van der Waals surface area (Å²) in [5.41, 5.74) is 1.73. The second-order valence-corrected chi connectivity index (χ2v) is 4.54. The molecule has 0 aliphatic rings. The van der Waals surface area contributed by atoms with Crippen molar-refractivity contribution in [1.29, 1.82) is 0 Å². The third-order valence-corrected chi connectivity index (χ3v) is 3.03. The molecule has 0 amide bonds. The van der Waals surface area contributed by atoms with E-state index in [4.69, 9.17) is 9.84 Å². The first kappa shape index (κ1) is 14.8. The molecule has 0 aliphatic heterocycles. The van der Waals surface area contributed by atoms with Crippen molar-refractivity contribution in [3.8, 4) is 17.0 Å². The molecule has 0 fully saturated rings. The topological polar surface area (TPSA) is 75.5 Å². The summed E-state index contributed by atoms with van der Waals surface area (Å²) >= 11 is 0. The van der Waals surface area contributed by atoms with E-state index in [0.717, 1.165) is 17.0 Å². The van der Waals surface area contributed by atoms with Gasteiger partial charge in [0.1, 0.15) is 5.75 Å². The lowest BCUT2D eigenvalue weighted by Crippen LogP contribution is -2.23. The van der Waals surface area contributed by atoms with Gasteiger partial charge in [-0.3, -0.25) is 4.79 Å². The maximum Gasteiger partial charge on any atom is 0.305 e. The van der Waals surface area contributed by atoms with Gasteiger partial charge in [0.15, 0.2) is 0 Å². The van der Waals surface area contributed by atoms with Crippen molar-refractivity contribution in [3.63, 3.8) is 0 Å². The highest BCUT2D eigenvalue weighted by Crippen LogP contribution is 2.21. The second kappa shape index (κ2) is 6.69. The summed E-state index contributed by atoms with van der Waals surface area (Å²) in [4.78, 5) is 21.0. The summed E-state index contributed by atoms with van der Waals surface area (Å²) < 4.78 is 5.12. The number of rotatable bonds is 6. The van der Waals surface area contributed by atoms with Crippen LogP contribution in [-0.4, -0.2) is 41.7 Å². The third kappa shape index (κ3) is 3.92. The molecule has 1 heterocycles. The summed E-state index contributed by atoms with van der Waals surface area (Å²) in [6, 6.07) is 9.39. The average Bonchev–Trinajstić information content (AvgIpc) is 2.52. The van der Waals surface area contributed by atoms with Crippen molar-refractivity contribution < 1.29 is 14.6 Å². The number of nitrogens with zero attached hydrogens (tertiary/aromatic N) is 3. The van der Waals surface area contributed by atoms with Crippen molar-refractivity contribution in [2.75, 3.05) is 25.6 Å². The summed E-state index contributed by atoms with van der Waals surface area (Å²) in [6.07, 6.45) is 1.71. The first-order valence-electron chi connectivity index (χ1n) is 6.50. The molecule has 0 saturated heterocycles. The van der Waals surface area contributed by atoms with Crippen LogP contribution in [0.25, 0.3) is 11.3 Å². The Balaban J connectivity index is 2.18.